The molecule has 2 amide bonds. The Morgan fingerprint density at radius 2 is 1.97 bits per heavy atom. The Kier molecular flexibility index (Phi) is 6.21. The summed E-state index contributed by atoms with van der Waals surface area (Å²) in [5, 5.41) is 3.33. The number of carbonyl (C=O) groups excluding carboxylic acids is 2. The van der Waals surface area contributed by atoms with Crippen molar-refractivity contribution < 1.29 is 9.59 Å². The predicted octanol–water partition coefficient (Wildman–Crippen LogP) is 5.22. The van der Waals surface area contributed by atoms with Gasteiger partial charge in [-0.2, -0.15) is 0 Å². The largest absolute Gasteiger partial charge is 0.351 e. The van der Waals surface area contributed by atoms with Crippen LogP contribution in [0.1, 0.15) is 82.1 Å². The van der Waals surface area contributed by atoms with Crippen molar-refractivity contribution in [2.24, 2.45) is 11.8 Å². The molecule has 1 N–H and O–H groups in total. The average molecular weight is 444 g/mol. The van der Waals surface area contributed by atoms with Gasteiger partial charge in [0.05, 0.1) is 16.8 Å². The molecular weight excluding hydrogens is 406 g/mol. The van der Waals surface area contributed by atoms with Gasteiger partial charge in [0.1, 0.15) is 11.2 Å². The van der Waals surface area contributed by atoms with Crippen LogP contribution in [0.4, 0.5) is 0 Å². The summed E-state index contributed by atoms with van der Waals surface area (Å²) in [5.74, 6) is 1.21. The van der Waals surface area contributed by atoms with Crippen LogP contribution in [0.3, 0.4) is 0 Å². The van der Waals surface area contributed by atoms with Crippen LogP contribution in [0.5, 0.6) is 0 Å². The van der Waals surface area contributed by atoms with E-state index in [9.17, 15) is 9.59 Å². The number of aromatic nitrogens is 1. The van der Waals surface area contributed by atoms with E-state index in [1.54, 1.807) is 11.3 Å². The van der Waals surface area contributed by atoms with Crippen LogP contribution in [0.25, 0.3) is 10.2 Å². The van der Waals surface area contributed by atoms with E-state index < -0.39 is 5.54 Å². The van der Waals surface area contributed by atoms with E-state index in [0.717, 1.165) is 60.4 Å². The van der Waals surface area contributed by atoms with Crippen LogP contribution in [-0.2, 0) is 17.8 Å². The maximum absolute atomic E-state index is 13.7. The molecule has 0 saturated heterocycles. The second-order valence-electron chi connectivity index (χ2n) is 10.3. The summed E-state index contributed by atoms with van der Waals surface area (Å²) < 4.78 is 3.25. The molecule has 1 aliphatic carbocycles. The Morgan fingerprint density at radius 3 is 2.61 bits per heavy atom. The minimum absolute atomic E-state index is 0.00241. The molecule has 31 heavy (non-hydrogen) atoms. The van der Waals surface area contributed by atoms with Gasteiger partial charge < -0.3 is 14.8 Å². The van der Waals surface area contributed by atoms with E-state index in [4.69, 9.17) is 0 Å². The zero-order valence-corrected chi connectivity index (χ0v) is 20.5. The van der Waals surface area contributed by atoms with Crippen molar-refractivity contribution in [3.63, 3.8) is 0 Å². The molecule has 0 aromatic carbocycles. The minimum atomic E-state index is -0.873. The Bertz CT molecular complexity index is 967. The molecule has 4 rings (SSSR count). The second kappa shape index (κ2) is 8.61. The van der Waals surface area contributed by atoms with E-state index >= 15 is 0 Å². The molecule has 3 heterocycles. The monoisotopic (exact) mass is 443 g/mol. The highest BCUT2D eigenvalue weighted by Crippen LogP contribution is 2.36. The maximum atomic E-state index is 13.7. The summed E-state index contributed by atoms with van der Waals surface area (Å²) in [5.41, 5.74) is 0.950. The molecule has 1 aliphatic heterocycles. The fourth-order valence-electron chi connectivity index (χ4n) is 5.05. The van der Waals surface area contributed by atoms with Gasteiger partial charge in [0.25, 0.3) is 5.91 Å². The molecule has 6 heteroatoms. The van der Waals surface area contributed by atoms with Gasteiger partial charge in [-0.1, -0.05) is 27.7 Å². The fourth-order valence-corrected chi connectivity index (χ4v) is 6.09. The van der Waals surface area contributed by atoms with E-state index in [0.29, 0.717) is 19.0 Å². The summed E-state index contributed by atoms with van der Waals surface area (Å²) in [7, 11) is 0. The second-order valence-corrected chi connectivity index (χ2v) is 11.4. The maximum Gasteiger partial charge on any atom is 0.271 e. The topological polar surface area (TPSA) is 54.3 Å². The smallest absolute Gasteiger partial charge is 0.271 e. The van der Waals surface area contributed by atoms with Crippen LogP contribution in [-0.4, -0.2) is 39.4 Å². The number of carbonyl (C=O) groups is 2. The average Bonchev–Trinajstić information content (AvgIpc) is 3.28. The molecule has 0 bridgehead atoms. The Labute approximate surface area is 190 Å². The molecule has 5 nitrogen and oxygen atoms in total. The molecule has 1 saturated carbocycles. The molecule has 0 radical (unpaired) electrons. The third-order valence-corrected chi connectivity index (χ3v) is 8.50. The van der Waals surface area contributed by atoms with Gasteiger partial charge in [0.15, 0.2) is 0 Å². The Morgan fingerprint density at radius 1 is 1.26 bits per heavy atom. The van der Waals surface area contributed by atoms with Crippen LogP contribution in [0.2, 0.25) is 0 Å². The third kappa shape index (κ3) is 4.15. The quantitative estimate of drug-likeness (QED) is 0.665. The first-order valence-electron chi connectivity index (χ1n) is 12.0. The van der Waals surface area contributed by atoms with Crippen molar-refractivity contribution in [1.29, 1.82) is 0 Å². The number of fused-ring (bicyclic) bond motifs is 3. The van der Waals surface area contributed by atoms with Gasteiger partial charge in [0.2, 0.25) is 5.91 Å². The minimum Gasteiger partial charge on any atom is -0.351 e. The number of nitrogens with zero attached hydrogens (tertiary/aromatic N) is 2. The lowest BCUT2D eigenvalue weighted by atomic mass is 9.86. The number of aryl methyl sites for hydroxylation is 1. The zero-order valence-electron chi connectivity index (χ0n) is 19.7. The highest BCUT2D eigenvalue weighted by molar-refractivity contribution is 7.19. The van der Waals surface area contributed by atoms with Gasteiger partial charge in [-0.25, -0.2) is 0 Å². The summed E-state index contributed by atoms with van der Waals surface area (Å²) in [4.78, 5) is 30.5. The first-order valence-corrected chi connectivity index (χ1v) is 12.8. The molecule has 2 aromatic rings. The van der Waals surface area contributed by atoms with Gasteiger partial charge in [-0.3, -0.25) is 9.59 Å². The van der Waals surface area contributed by atoms with Crippen molar-refractivity contribution in [3.05, 3.63) is 22.7 Å². The van der Waals surface area contributed by atoms with Crippen LogP contribution in [0, 0.1) is 11.8 Å². The lowest BCUT2D eigenvalue weighted by Gasteiger charge is -2.45. The highest BCUT2D eigenvalue weighted by atomic mass is 32.1. The summed E-state index contributed by atoms with van der Waals surface area (Å²) in [6.45, 7) is 11.9. The van der Waals surface area contributed by atoms with Crippen molar-refractivity contribution in [2.45, 2.75) is 91.3 Å². The van der Waals surface area contributed by atoms with Gasteiger partial charge >= 0.3 is 0 Å². The molecule has 1 atom stereocenters. The number of amides is 2. The Balaban J connectivity index is 1.67. The number of hydrogen-bond acceptors (Lipinski definition) is 3. The van der Waals surface area contributed by atoms with Gasteiger partial charge in [-0.15, -0.1) is 11.3 Å². The lowest BCUT2D eigenvalue weighted by Crippen LogP contribution is -2.65. The fraction of sp³-hybridized carbons (Fsp3) is 0.680. The Hall–Kier alpha value is -1.82. The zero-order chi connectivity index (χ0) is 22.3. The predicted molar refractivity (Wildman–Crippen MR) is 128 cm³/mol. The molecule has 1 fully saturated rings. The highest BCUT2D eigenvalue weighted by Gasteiger charge is 2.48. The number of thiophene rings is 1. The van der Waals surface area contributed by atoms with E-state index in [1.807, 2.05) is 17.9 Å². The van der Waals surface area contributed by atoms with E-state index in [1.165, 1.54) is 4.88 Å². The van der Waals surface area contributed by atoms with E-state index in [2.05, 4.69) is 43.6 Å². The van der Waals surface area contributed by atoms with Crippen LogP contribution < -0.4 is 5.32 Å². The van der Waals surface area contributed by atoms with Crippen molar-refractivity contribution in [1.82, 2.24) is 14.8 Å². The molecule has 0 spiro atoms. The standard InChI is InChI=1S/C25H37N3O2S/c1-6-19-13-20-22(31-19)14-21-23(29)28(12-11-16(2)3)25(5,15-27(20)21)24(30)26-18-9-7-17(4)8-10-18/h13-14,16-18H,6-12,15H2,1-5H3,(H,26,30)/t17?,18?,25-/m1/s1. The summed E-state index contributed by atoms with van der Waals surface area (Å²) in [6, 6.07) is 4.45. The van der Waals surface area contributed by atoms with Crippen molar-refractivity contribution in [3.8, 4) is 0 Å². The summed E-state index contributed by atoms with van der Waals surface area (Å²) in [6.07, 6.45) is 6.27. The first-order chi connectivity index (χ1) is 14.7. The number of rotatable bonds is 6. The van der Waals surface area contributed by atoms with Crippen molar-refractivity contribution >= 4 is 33.4 Å². The molecule has 170 valence electrons. The normalized spacial score (nSPS) is 26.5. The first kappa shape index (κ1) is 22.4. The van der Waals surface area contributed by atoms with Gasteiger partial charge in [-0.05, 0) is 69.4 Å². The molecule has 2 aliphatic rings. The van der Waals surface area contributed by atoms with E-state index in [-0.39, 0.29) is 17.9 Å². The number of nitrogens with one attached hydrogen (secondary N) is 1. The summed E-state index contributed by atoms with van der Waals surface area (Å²) >= 11 is 1.76. The van der Waals surface area contributed by atoms with Gasteiger partial charge in [0, 0.05) is 17.5 Å². The lowest BCUT2D eigenvalue weighted by molar-refractivity contribution is -0.134. The third-order valence-electron chi connectivity index (χ3n) is 7.29. The SMILES string of the molecule is CCc1cc2c(cc3n2C[C@](C)(C(=O)NC2CCC(C)CC2)N(CCC(C)C)C3=O)s1. The number of hydrogen-bond donors (Lipinski definition) is 1. The molecule has 2 aromatic heterocycles. The molecular formula is C25H37N3O2S. The van der Waals surface area contributed by atoms with Crippen LogP contribution >= 0.6 is 11.3 Å². The van der Waals surface area contributed by atoms with Crippen molar-refractivity contribution in [2.75, 3.05) is 6.54 Å². The van der Waals surface area contributed by atoms with Crippen LogP contribution in [0.15, 0.2) is 12.1 Å². The molecule has 0 unspecified atom stereocenters.